The number of hydrogen-bond acceptors (Lipinski definition) is 5. The van der Waals surface area contributed by atoms with Gasteiger partial charge in [0.05, 0.1) is 21.8 Å². The summed E-state index contributed by atoms with van der Waals surface area (Å²) in [6.45, 7) is 3.75. The second-order valence-electron chi connectivity index (χ2n) is 8.44. The number of sulfonamides is 1. The molecular weight excluding hydrogens is 488 g/mol. The van der Waals surface area contributed by atoms with Gasteiger partial charge in [-0.05, 0) is 66.9 Å². The first-order valence-electron chi connectivity index (χ1n) is 11.5. The van der Waals surface area contributed by atoms with Crippen molar-refractivity contribution < 1.29 is 18.0 Å². The van der Waals surface area contributed by atoms with Gasteiger partial charge in [-0.15, -0.1) is 0 Å². The van der Waals surface area contributed by atoms with Crippen LogP contribution < -0.4 is 15.4 Å². The van der Waals surface area contributed by atoms with Crippen LogP contribution in [0.15, 0.2) is 96.2 Å². The molecule has 188 valence electrons. The SMILES string of the molecule is Cc1ccccc1NS(=O)(=O)c1cc(C(=O)Nc2ccccc2C(=O)NCc2cccnc2)ccc1C. The zero-order valence-corrected chi connectivity index (χ0v) is 21.2. The summed E-state index contributed by atoms with van der Waals surface area (Å²) in [6.07, 6.45) is 3.31. The van der Waals surface area contributed by atoms with Crippen molar-refractivity contribution in [3.63, 3.8) is 0 Å². The predicted molar refractivity (Wildman–Crippen MR) is 143 cm³/mol. The summed E-state index contributed by atoms with van der Waals surface area (Å²) >= 11 is 0. The molecule has 4 rings (SSSR count). The molecular formula is C28H26N4O4S. The van der Waals surface area contributed by atoms with Crippen molar-refractivity contribution in [2.24, 2.45) is 0 Å². The Morgan fingerprint density at radius 1 is 0.811 bits per heavy atom. The smallest absolute Gasteiger partial charge is 0.262 e. The average Bonchev–Trinajstić information content (AvgIpc) is 2.89. The number of aryl methyl sites for hydroxylation is 2. The van der Waals surface area contributed by atoms with E-state index in [4.69, 9.17) is 0 Å². The quantitative estimate of drug-likeness (QED) is 0.316. The molecule has 0 spiro atoms. The van der Waals surface area contributed by atoms with Gasteiger partial charge in [0.25, 0.3) is 21.8 Å². The Labute approximate surface area is 215 Å². The van der Waals surface area contributed by atoms with Gasteiger partial charge >= 0.3 is 0 Å². The maximum Gasteiger partial charge on any atom is 0.262 e. The van der Waals surface area contributed by atoms with E-state index in [1.165, 1.54) is 6.07 Å². The first-order chi connectivity index (χ1) is 17.7. The van der Waals surface area contributed by atoms with Crippen LogP contribution in [0, 0.1) is 13.8 Å². The Balaban J connectivity index is 1.54. The number of nitrogens with one attached hydrogen (secondary N) is 3. The highest BCUT2D eigenvalue weighted by molar-refractivity contribution is 7.92. The molecule has 0 aliphatic heterocycles. The topological polar surface area (TPSA) is 117 Å². The Bertz CT molecular complexity index is 1550. The van der Waals surface area contributed by atoms with Crippen LogP contribution in [-0.4, -0.2) is 25.2 Å². The van der Waals surface area contributed by atoms with E-state index < -0.39 is 15.9 Å². The summed E-state index contributed by atoms with van der Waals surface area (Å²) in [4.78, 5) is 29.9. The number of hydrogen-bond donors (Lipinski definition) is 3. The fourth-order valence-corrected chi connectivity index (χ4v) is 5.09. The van der Waals surface area contributed by atoms with Gasteiger partial charge in [0.2, 0.25) is 0 Å². The van der Waals surface area contributed by atoms with E-state index in [0.717, 1.165) is 11.1 Å². The number of aromatic nitrogens is 1. The third-order valence-corrected chi connectivity index (χ3v) is 7.23. The Hall–Kier alpha value is -4.50. The van der Waals surface area contributed by atoms with Crippen LogP contribution in [0.2, 0.25) is 0 Å². The number of carbonyl (C=O) groups is 2. The second-order valence-corrected chi connectivity index (χ2v) is 10.1. The molecule has 3 aromatic carbocycles. The van der Waals surface area contributed by atoms with Gasteiger partial charge in [-0.1, -0.05) is 42.5 Å². The zero-order valence-electron chi connectivity index (χ0n) is 20.4. The lowest BCUT2D eigenvalue weighted by Crippen LogP contribution is -2.25. The number of para-hydroxylation sites is 2. The van der Waals surface area contributed by atoms with E-state index in [9.17, 15) is 18.0 Å². The van der Waals surface area contributed by atoms with E-state index in [-0.39, 0.29) is 28.5 Å². The molecule has 0 radical (unpaired) electrons. The second kappa shape index (κ2) is 11.0. The van der Waals surface area contributed by atoms with Gasteiger partial charge < -0.3 is 10.6 Å². The summed E-state index contributed by atoms with van der Waals surface area (Å²) in [5.41, 5.74) is 3.29. The van der Waals surface area contributed by atoms with E-state index >= 15 is 0 Å². The first-order valence-corrected chi connectivity index (χ1v) is 13.0. The minimum atomic E-state index is -3.95. The zero-order chi connectivity index (χ0) is 26.4. The van der Waals surface area contributed by atoms with Gasteiger partial charge in [-0.3, -0.25) is 19.3 Å². The standard InChI is InChI=1S/C28H26N4O4S/c1-19-8-3-5-11-24(19)32-37(35,36)26-16-22(14-13-20(26)2)27(33)31-25-12-6-4-10-23(25)28(34)30-18-21-9-7-15-29-17-21/h3-17,32H,18H2,1-2H3,(H,30,34)(H,31,33). The van der Waals surface area contributed by atoms with Crippen LogP contribution in [0.5, 0.6) is 0 Å². The number of anilines is 2. The van der Waals surface area contributed by atoms with Crippen LogP contribution in [0.1, 0.15) is 37.4 Å². The molecule has 8 nitrogen and oxygen atoms in total. The highest BCUT2D eigenvalue weighted by Crippen LogP contribution is 2.24. The van der Waals surface area contributed by atoms with Crippen LogP contribution in [-0.2, 0) is 16.6 Å². The molecule has 4 aromatic rings. The molecule has 37 heavy (non-hydrogen) atoms. The lowest BCUT2D eigenvalue weighted by atomic mass is 10.1. The highest BCUT2D eigenvalue weighted by Gasteiger charge is 2.21. The molecule has 0 bridgehead atoms. The lowest BCUT2D eigenvalue weighted by Gasteiger charge is -2.14. The van der Waals surface area contributed by atoms with Crippen molar-refractivity contribution in [1.29, 1.82) is 0 Å². The number of pyridine rings is 1. The van der Waals surface area contributed by atoms with E-state index in [1.807, 2.05) is 12.1 Å². The van der Waals surface area contributed by atoms with E-state index in [0.29, 0.717) is 16.9 Å². The fourth-order valence-electron chi connectivity index (χ4n) is 3.68. The molecule has 3 N–H and O–H groups in total. The molecule has 0 saturated carbocycles. The van der Waals surface area contributed by atoms with Crippen molar-refractivity contribution in [2.45, 2.75) is 25.3 Å². The molecule has 1 heterocycles. The van der Waals surface area contributed by atoms with Crippen molar-refractivity contribution >= 4 is 33.2 Å². The largest absolute Gasteiger partial charge is 0.348 e. The number of rotatable bonds is 8. The van der Waals surface area contributed by atoms with Gasteiger partial charge in [-0.2, -0.15) is 0 Å². The van der Waals surface area contributed by atoms with Crippen molar-refractivity contribution in [1.82, 2.24) is 10.3 Å². The van der Waals surface area contributed by atoms with Gasteiger partial charge in [0.15, 0.2) is 0 Å². The number of amides is 2. The number of benzene rings is 3. The molecule has 0 aliphatic rings. The molecule has 0 unspecified atom stereocenters. The predicted octanol–water partition coefficient (Wildman–Crippen LogP) is 4.68. The Morgan fingerprint density at radius 2 is 1.54 bits per heavy atom. The summed E-state index contributed by atoms with van der Waals surface area (Å²) in [7, 11) is -3.95. The molecule has 0 saturated heterocycles. The lowest BCUT2D eigenvalue weighted by molar-refractivity contribution is 0.0951. The monoisotopic (exact) mass is 514 g/mol. The molecule has 1 aromatic heterocycles. The van der Waals surface area contributed by atoms with Crippen LogP contribution in [0.25, 0.3) is 0 Å². The molecule has 9 heteroatoms. The van der Waals surface area contributed by atoms with Crippen LogP contribution in [0.4, 0.5) is 11.4 Å². The maximum absolute atomic E-state index is 13.1. The Kier molecular flexibility index (Phi) is 7.64. The van der Waals surface area contributed by atoms with Gasteiger partial charge in [0, 0.05) is 24.5 Å². The van der Waals surface area contributed by atoms with Crippen molar-refractivity contribution in [3.05, 3.63) is 119 Å². The van der Waals surface area contributed by atoms with E-state index in [2.05, 4.69) is 20.3 Å². The third-order valence-electron chi connectivity index (χ3n) is 5.72. The van der Waals surface area contributed by atoms with Crippen molar-refractivity contribution in [2.75, 3.05) is 10.0 Å². The summed E-state index contributed by atoms with van der Waals surface area (Å²) in [6, 6.07) is 21.7. The molecule has 0 atom stereocenters. The first kappa shape index (κ1) is 25.6. The number of carbonyl (C=O) groups excluding carboxylic acids is 2. The Morgan fingerprint density at radius 3 is 2.27 bits per heavy atom. The summed E-state index contributed by atoms with van der Waals surface area (Å²) in [5, 5.41) is 5.55. The van der Waals surface area contributed by atoms with Crippen LogP contribution >= 0.6 is 0 Å². The highest BCUT2D eigenvalue weighted by atomic mass is 32.2. The van der Waals surface area contributed by atoms with Gasteiger partial charge in [0.1, 0.15) is 0 Å². The van der Waals surface area contributed by atoms with E-state index in [1.54, 1.807) is 86.9 Å². The normalized spacial score (nSPS) is 11.0. The minimum Gasteiger partial charge on any atom is -0.348 e. The summed E-state index contributed by atoms with van der Waals surface area (Å²) < 4.78 is 28.9. The van der Waals surface area contributed by atoms with Crippen molar-refractivity contribution in [3.8, 4) is 0 Å². The minimum absolute atomic E-state index is 0.00842. The van der Waals surface area contributed by atoms with Crippen LogP contribution in [0.3, 0.4) is 0 Å². The average molecular weight is 515 g/mol. The molecule has 2 amide bonds. The number of nitrogens with zero attached hydrogens (tertiary/aromatic N) is 1. The fraction of sp³-hybridized carbons (Fsp3) is 0.107. The van der Waals surface area contributed by atoms with Gasteiger partial charge in [-0.25, -0.2) is 8.42 Å². The molecule has 0 aliphatic carbocycles. The summed E-state index contributed by atoms with van der Waals surface area (Å²) in [5.74, 6) is -0.908. The maximum atomic E-state index is 13.1. The third kappa shape index (κ3) is 6.20. The molecule has 0 fully saturated rings.